The Kier molecular flexibility index (Phi) is 6.04. The molecule has 7 heteroatoms. The summed E-state index contributed by atoms with van der Waals surface area (Å²) >= 11 is 0. The van der Waals surface area contributed by atoms with Gasteiger partial charge in [0, 0.05) is 49.2 Å². The van der Waals surface area contributed by atoms with Gasteiger partial charge in [0.1, 0.15) is 5.75 Å². The lowest BCUT2D eigenvalue weighted by molar-refractivity contribution is 0.0654. The van der Waals surface area contributed by atoms with Gasteiger partial charge in [0.25, 0.3) is 0 Å². The van der Waals surface area contributed by atoms with E-state index in [1.54, 1.807) is 7.11 Å². The Morgan fingerprint density at radius 2 is 2.03 bits per heavy atom. The summed E-state index contributed by atoms with van der Waals surface area (Å²) in [5, 5.41) is 14.8. The molecule has 3 heterocycles. The van der Waals surface area contributed by atoms with Crippen molar-refractivity contribution in [1.29, 1.82) is 0 Å². The summed E-state index contributed by atoms with van der Waals surface area (Å²) in [7, 11) is 3.75. The number of likely N-dealkylation sites (tertiary alicyclic amines) is 1. The number of hydrogen-bond donors (Lipinski definition) is 2. The molecule has 2 aromatic rings. The second kappa shape index (κ2) is 8.84. The smallest absolute Gasteiger partial charge is 0.318 e. The molecule has 1 aromatic heterocycles. The molecule has 2 aliphatic heterocycles. The number of carbonyl (C=O) groups excluding carboxylic acids is 1. The van der Waals surface area contributed by atoms with E-state index in [-0.39, 0.29) is 24.1 Å². The Balaban J connectivity index is 1.60. The Morgan fingerprint density at radius 3 is 2.67 bits per heavy atom. The number of nitrogens with zero attached hydrogens (tertiary/aromatic N) is 3. The van der Waals surface area contributed by atoms with Crippen LogP contribution in [0.4, 0.5) is 4.79 Å². The van der Waals surface area contributed by atoms with Gasteiger partial charge in [-0.25, -0.2) is 4.79 Å². The first-order chi connectivity index (χ1) is 16.0. The Labute approximate surface area is 196 Å². The summed E-state index contributed by atoms with van der Waals surface area (Å²) in [6, 6.07) is 5.87. The van der Waals surface area contributed by atoms with Gasteiger partial charge in [0.05, 0.1) is 25.3 Å². The van der Waals surface area contributed by atoms with Crippen LogP contribution in [0.25, 0.3) is 10.9 Å². The molecule has 0 radical (unpaired) electrons. The van der Waals surface area contributed by atoms with Crippen LogP contribution in [-0.2, 0) is 12.5 Å². The second-order valence-electron chi connectivity index (χ2n) is 10.3. The summed E-state index contributed by atoms with van der Waals surface area (Å²) < 4.78 is 7.70. The number of ether oxygens (including phenoxy) is 1. The third-order valence-electron chi connectivity index (χ3n) is 8.13. The van der Waals surface area contributed by atoms with Gasteiger partial charge in [0.2, 0.25) is 0 Å². The lowest BCUT2D eigenvalue weighted by Gasteiger charge is -2.50. The SMILES string of the molecule is CCCNC(=O)N1CC2(CCN(CC3CC3)CC2)c2c(n(C)c3cc(OC)ccc23)[C@@H]1CO. The number of aromatic nitrogens is 1. The fourth-order valence-corrected chi connectivity index (χ4v) is 6.14. The van der Waals surface area contributed by atoms with Gasteiger partial charge in [-0.15, -0.1) is 0 Å². The minimum absolute atomic E-state index is 0.0656. The number of aliphatic hydroxyl groups excluding tert-OH is 1. The molecular weight excluding hydrogens is 416 g/mol. The molecule has 33 heavy (non-hydrogen) atoms. The highest BCUT2D eigenvalue weighted by molar-refractivity contribution is 5.89. The Bertz CT molecular complexity index is 1020. The van der Waals surface area contributed by atoms with Gasteiger partial charge in [-0.1, -0.05) is 6.92 Å². The molecule has 1 saturated heterocycles. The number of hydrogen-bond acceptors (Lipinski definition) is 4. The van der Waals surface area contributed by atoms with E-state index < -0.39 is 0 Å². The van der Waals surface area contributed by atoms with Crippen molar-refractivity contribution in [1.82, 2.24) is 19.7 Å². The van der Waals surface area contributed by atoms with E-state index in [0.717, 1.165) is 55.2 Å². The van der Waals surface area contributed by atoms with E-state index in [0.29, 0.717) is 13.1 Å². The van der Waals surface area contributed by atoms with Crippen molar-refractivity contribution >= 4 is 16.9 Å². The van der Waals surface area contributed by atoms with Crippen LogP contribution in [-0.4, -0.2) is 71.9 Å². The molecule has 5 rings (SSSR count). The highest BCUT2D eigenvalue weighted by Gasteiger charge is 2.49. The van der Waals surface area contributed by atoms with E-state index in [1.807, 2.05) is 11.0 Å². The lowest BCUT2D eigenvalue weighted by Crippen LogP contribution is -2.57. The zero-order chi connectivity index (χ0) is 23.2. The van der Waals surface area contributed by atoms with E-state index in [2.05, 4.69) is 40.9 Å². The number of rotatable bonds is 6. The third kappa shape index (κ3) is 3.89. The van der Waals surface area contributed by atoms with Crippen molar-refractivity contribution in [3.63, 3.8) is 0 Å². The fraction of sp³-hybridized carbons (Fsp3) is 0.654. The van der Waals surface area contributed by atoms with Gasteiger partial charge in [-0.2, -0.15) is 0 Å². The summed E-state index contributed by atoms with van der Waals surface area (Å²) in [6.45, 7) is 6.63. The van der Waals surface area contributed by atoms with Crippen molar-refractivity contribution in [3.05, 3.63) is 29.5 Å². The fourth-order valence-electron chi connectivity index (χ4n) is 6.14. The average molecular weight is 455 g/mol. The van der Waals surface area contributed by atoms with Crippen LogP contribution in [0.5, 0.6) is 5.75 Å². The van der Waals surface area contributed by atoms with Crippen LogP contribution in [0.2, 0.25) is 0 Å². The summed E-state index contributed by atoms with van der Waals surface area (Å²) in [6.07, 6.45) is 5.71. The predicted octanol–water partition coefficient (Wildman–Crippen LogP) is 3.40. The van der Waals surface area contributed by atoms with E-state index in [4.69, 9.17) is 4.74 Å². The largest absolute Gasteiger partial charge is 0.497 e. The van der Waals surface area contributed by atoms with Crippen LogP contribution in [0.1, 0.15) is 56.3 Å². The van der Waals surface area contributed by atoms with Crippen molar-refractivity contribution in [2.24, 2.45) is 13.0 Å². The zero-order valence-corrected chi connectivity index (χ0v) is 20.3. The predicted molar refractivity (Wildman–Crippen MR) is 130 cm³/mol. The van der Waals surface area contributed by atoms with Crippen LogP contribution < -0.4 is 10.1 Å². The molecule has 1 saturated carbocycles. The standard InChI is InChI=1S/C26H38N4O3/c1-4-11-27-25(32)30-17-26(9-12-29(13-10-26)15-18-5-6-18)23-20-8-7-19(33-3)14-21(20)28(2)24(23)22(30)16-31/h7-8,14,18,22,31H,4-6,9-13,15-17H2,1-3H3,(H,27,32)/t22-/m0/s1. The number of urea groups is 1. The summed E-state index contributed by atoms with van der Waals surface area (Å²) in [5.74, 6) is 1.72. The molecular formula is C26H38N4O3. The van der Waals surface area contributed by atoms with Crippen LogP contribution in [0.15, 0.2) is 18.2 Å². The molecule has 2 fully saturated rings. The molecule has 0 bridgehead atoms. The molecule has 2 amide bonds. The molecule has 1 atom stereocenters. The van der Waals surface area contributed by atoms with Crippen LogP contribution >= 0.6 is 0 Å². The van der Waals surface area contributed by atoms with Gasteiger partial charge < -0.3 is 29.5 Å². The highest BCUT2D eigenvalue weighted by atomic mass is 16.5. The molecule has 3 aliphatic rings. The first kappa shape index (κ1) is 22.5. The monoisotopic (exact) mass is 454 g/mol. The maximum Gasteiger partial charge on any atom is 0.318 e. The lowest BCUT2D eigenvalue weighted by atomic mass is 9.68. The quantitative estimate of drug-likeness (QED) is 0.702. The number of methoxy groups -OCH3 is 1. The Morgan fingerprint density at radius 1 is 1.27 bits per heavy atom. The highest BCUT2D eigenvalue weighted by Crippen LogP contribution is 2.50. The zero-order valence-electron chi connectivity index (χ0n) is 20.3. The normalized spacial score (nSPS) is 22.5. The number of aryl methyl sites for hydroxylation is 1. The summed E-state index contributed by atoms with van der Waals surface area (Å²) in [4.78, 5) is 17.8. The number of carbonyl (C=O) groups is 1. The van der Waals surface area contributed by atoms with E-state index >= 15 is 0 Å². The van der Waals surface area contributed by atoms with Crippen molar-refractivity contribution < 1.29 is 14.6 Å². The van der Waals surface area contributed by atoms with Crippen molar-refractivity contribution in [2.45, 2.75) is 50.5 Å². The van der Waals surface area contributed by atoms with Gasteiger partial charge in [-0.05, 0) is 68.8 Å². The third-order valence-corrected chi connectivity index (χ3v) is 8.13. The number of piperidine rings is 1. The van der Waals surface area contributed by atoms with Gasteiger partial charge >= 0.3 is 6.03 Å². The minimum Gasteiger partial charge on any atom is -0.497 e. The van der Waals surface area contributed by atoms with Crippen LogP contribution in [0, 0.1) is 5.92 Å². The van der Waals surface area contributed by atoms with Crippen molar-refractivity contribution in [2.75, 3.05) is 46.4 Å². The van der Waals surface area contributed by atoms with Gasteiger partial charge in [-0.3, -0.25) is 0 Å². The topological polar surface area (TPSA) is 70.0 Å². The van der Waals surface area contributed by atoms with E-state index in [1.165, 1.54) is 30.3 Å². The molecule has 2 N–H and O–H groups in total. The molecule has 7 nitrogen and oxygen atoms in total. The molecule has 1 aliphatic carbocycles. The molecule has 1 spiro atoms. The van der Waals surface area contributed by atoms with E-state index in [9.17, 15) is 9.90 Å². The first-order valence-corrected chi connectivity index (χ1v) is 12.6. The second-order valence-corrected chi connectivity index (χ2v) is 10.3. The first-order valence-electron chi connectivity index (χ1n) is 12.6. The molecule has 180 valence electrons. The maximum atomic E-state index is 13.3. The Hall–Kier alpha value is -2.25. The number of amides is 2. The van der Waals surface area contributed by atoms with Gasteiger partial charge in [0.15, 0.2) is 0 Å². The maximum absolute atomic E-state index is 13.3. The van der Waals surface area contributed by atoms with Crippen LogP contribution in [0.3, 0.4) is 0 Å². The number of fused-ring (bicyclic) bond motifs is 4. The van der Waals surface area contributed by atoms with Crippen molar-refractivity contribution in [3.8, 4) is 5.75 Å². The number of nitrogens with one attached hydrogen (secondary N) is 1. The minimum atomic E-state index is -0.352. The number of aliphatic hydroxyl groups is 1. The average Bonchev–Trinajstić information content (AvgIpc) is 3.61. The molecule has 0 unspecified atom stereocenters. The number of benzene rings is 1. The summed E-state index contributed by atoms with van der Waals surface area (Å²) in [5.41, 5.74) is 3.42. The molecule has 1 aromatic carbocycles.